The number of hydrogen-bond donors (Lipinski definition) is 2. The van der Waals surface area contributed by atoms with E-state index in [2.05, 4.69) is 17.4 Å². The van der Waals surface area contributed by atoms with E-state index in [1.165, 1.54) is 24.3 Å². The standard InChI is InChI=1S/C9H6N2O2S/c10-5-6-1-3-7(4-2-6)8(11)13-9(12)14/h1-4,11H,(H,12,14). The second-order valence-corrected chi connectivity index (χ2v) is 2.75. The van der Waals surface area contributed by atoms with E-state index in [1.54, 1.807) is 0 Å². The summed E-state index contributed by atoms with van der Waals surface area (Å²) in [5.74, 6) is -0.283. The van der Waals surface area contributed by atoms with Crippen molar-refractivity contribution in [2.24, 2.45) is 0 Å². The molecule has 0 bridgehead atoms. The average Bonchev–Trinajstić information content (AvgIpc) is 2.17. The lowest BCUT2D eigenvalue weighted by molar-refractivity contribution is 0.225. The molecule has 0 aromatic heterocycles. The molecule has 0 saturated heterocycles. The Kier molecular flexibility index (Phi) is 3.26. The summed E-state index contributed by atoms with van der Waals surface area (Å²) < 4.78 is 4.44. The summed E-state index contributed by atoms with van der Waals surface area (Å²) in [5, 5.41) is 15.0. The number of nitrogens with one attached hydrogen (secondary N) is 1. The van der Waals surface area contributed by atoms with Crippen molar-refractivity contribution < 1.29 is 9.53 Å². The monoisotopic (exact) mass is 206 g/mol. The lowest BCUT2D eigenvalue weighted by atomic mass is 10.1. The molecule has 0 spiro atoms. The fourth-order valence-electron chi connectivity index (χ4n) is 0.842. The highest BCUT2D eigenvalue weighted by Gasteiger charge is 2.05. The number of rotatable bonds is 1. The molecule has 1 rings (SSSR count). The van der Waals surface area contributed by atoms with E-state index in [1.807, 2.05) is 6.07 Å². The highest BCUT2D eigenvalue weighted by molar-refractivity contribution is 7.96. The van der Waals surface area contributed by atoms with Crippen molar-refractivity contribution in [3.8, 4) is 6.07 Å². The number of nitrogens with zero attached hydrogens (tertiary/aromatic N) is 1. The van der Waals surface area contributed by atoms with Gasteiger partial charge in [0.1, 0.15) is 0 Å². The molecule has 1 aromatic carbocycles. The van der Waals surface area contributed by atoms with E-state index in [-0.39, 0.29) is 5.90 Å². The van der Waals surface area contributed by atoms with Crippen LogP contribution >= 0.6 is 12.6 Å². The van der Waals surface area contributed by atoms with Crippen molar-refractivity contribution in [2.75, 3.05) is 0 Å². The quantitative estimate of drug-likeness (QED) is 0.319. The molecule has 0 fully saturated rings. The third-order valence-electron chi connectivity index (χ3n) is 1.47. The van der Waals surface area contributed by atoms with E-state index >= 15 is 0 Å². The zero-order valence-electron chi connectivity index (χ0n) is 7.02. The van der Waals surface area contributed by atoms with Crippen molar-refractivity contribution in [1.82, 2.24) is 0 Å². The van der Waals surface area contributed by atoms with Crippen LogP contribution in [0.25, 0.3) is 0 Å². The molecule has 4 nitrogen and oxygen atoms in total. The van der Waals surface area contributed by atoms with Gasteiger partial charge in [0.05, 0.1) is 11.6 Å². The molecule has 0 atom stereocenters. The normalized spacial score (nSPS) is 8.86. The SMILES string of the molecule is N#Cc1ccc(C(=N)OC(=O)S)cc1. The van der Waals surface area contributed by atoms with Crippen LogP contribution in [0.5, 0.6) is 0 Å². The molecular formula is C9H6N2O2S. The maximum Gasteiger partial charge on any atom is 0.370 e. The van der Waals surface area contributed by atoms with Crippen LogP contribution in [0, 0.1) is 16.7 Å². The Balaban J connectivity index is 2.83. The van der Waals surface area contributed by atoms with Gasteiger partial charge in [-0.1, -0.05) is 12.6 Å². The third kappa shape index (κ3) is 2.61. The zero-order chi connectivity index (χ0) is 10.6. The van der Waals surface area contributed by atoms with Crippen molar-refractivity contribution >= 4 is 23.8 Å². The Morgan fingerprint density at radius 1 is 1.43 bits per heavy atom. The van der Waals surface area contributed by atoms with Crippen LogP contribution in [0.3, 0.4) is 0 Å². The van der Waals surface area contributed by atoms with Gasteiger partial charge in [-0.15, -0.1) is 0 Å². The molecule has 0 aliphatic carbocycles. The fourth-order valence-corrected chi connectivity index (χ4v) is 0.934. The number of thiol groups is 1. The number of carbonyl (C=O) groups is 1. The second kappa shape index (κ2) is 4.44. The van der Waals surface area contributed by atoms with Gasteiger partial charge < -0.3 is 4.74 Å². The van der Waals surface area contributed by atoms with Gasteiger partial charge in [0.15, 0.2) is 0 Å². The predicted octanol–water partition coefficient (Wildman–Crippen LogP) is 1.95. The van der Waals surface area contributed by atoms with Crippen molar-refractivity contribution in [2.45, 2.75) is 0 Å². The molecular weight excluding hydrogens is 200 g/mol. The summed E-state index contributed by atoms with van der Waals surface area (Å²) in [5.41, 5.74) is 0.908. The summed E-state index contributed by atoms with van der Waals surface area (Å²) in [6.07, 6.45) is 0. The van der Waals surface area contributed by atoms with E-state index < -0.39 is 5.30 Å². The molecule has 0 unspecified atom stereocenters. The maximum atomic E-state index is 10.4. The smallest absolute Gasteiger partial charge is 0.370 e. The highest BCUT2D eigenvalue weighted by Crippen LogP contribution is 2.05. The van der Waals surface area contributed by atoms with Gasteiger partial charge in [-0.2, -0.15) is 5.26 Å². The van der Waals surface area contributed by atoms with E-state index in [0.29, 0.717) is 11.1 Å². The molecule has 5 heteroatoms. The number of ether oxygens (including phenoxy) is 1. The molecule has 14 heavy (non-hydrogen) atoms. The Morgan fingerprint density at radius 3 is 2.43 bits per heavy atom. The van der Waals surface area contributed by atoms with Crippen molar-refractivity contribution in [3.63, 3.8) is 0 Å². The summed E-state index contributed by atoms with van der Waals surface area (Å²) in [6, 6.07) is 8.07. The first kappa shape index (κ1) is 10.3. The van der Waals surface area contributed by atoms with Gasteiger partial charge in [-0.25, -0.2) is 4.79 Å². The van der Waals surface area contributed by atoms with E-state index in [0.717, 1.165) is 0 Å². The van der Waals surface area contributed by atoms with E-state index in [9.17, 15) is 4.79 Å². The maximum absolute atomic E-state index is 10.4. The minimum absolute atomic E-state index is 0.283. The van der Waals surface area contributed by atoms with Gasteiger partial charge in [0.25, 0.3) is 0 Å². The lowest BCUT2D eigenvalue weighted by Crippen LogP contribution is -2.06. The minimum Gasteiger partial charge on any atom is -0.399 e. The second-order valence-electron chi connectivity index (χ2n) is 2.39. The Labute approximate surface area is 86.0 Å². The zero-order valence-corrected chi connectivity index (χ0v) is 7.91. The molecule has 0 radical (unpaired) electrons. The largest absolute Gasteiger partial charge is 0.399 e. The van der Waals surface area contributed by atoms with Gasteiger partial charge in [-0.3, -0.25) is 5.41 Å². The van der Waals surface area contributed by atoms with Crippen LogP contribution in [-0.2, 0) is 4.74 Å². The van der Waals surface area contributed by atoms with Crippen LogP contribution < -0.4 is 0 Å². The molecule has 0 aliphatic rings. The Morgan fingerprint density at radius 2 is 2.00 bits per heavy atom. The van der Waals surface area contributed by atoms with E-state index in [4.69, 9.17) is 10.7 Å². The van der Waals surface area contributed by atoms with Crippen LogP contribution in [-0.4, -0.2) is 11.2 Å². The third-order valence-corrected chi connectivity index (χ3v) is 1.56. The molecule has 0 heterocycles. The predicted molar refractivity (Wildman–Crippen MR) is 53.5 cm³/mol. The number of benzene rings is 1. The summed E-state index contributed by atoms with van der Waals surface area (Å²) in [7, 11) is 0. The fraction of sp³-hybridized carbons (Fsp3) is 0. The van der Waals surface area contributed by atoms with Crippen molar-refractivity contribution in [1.29, 1.82) is 10.7 Å². The van der Waals surface area contributed by atoms with Gasteiger partial charge in [-0.05, 0) is 24.3 Å². The summed E-state index contributed by atoms with van der Waals surface area (Å²) in [6.45, 7) is 0. The molecule has 1 N–H and O–H groups in total. The Bertz CT molecular complexity index is 406. The van der Waals surface area contributed by atoms with Crippen LogP contribution in [0.1, 0.15) is 11.1 Å². The molecule has 0 saturated carbocycles. The number of nitriles is 1. The summed E-state index contributed by atoms with van der Waals surface area (Å²) >= 11 is 3.37. The van der Waals surface area contributed by atoms with Crippen LogP contribution in [0.2, 0.25) is 0 Å². The summed E-state index contributed by atoms with van der Waals surface area (Å²) in [4.78, 5) is 10.4. The van der Waals surface area contributed by atoms with Crippen LogP contribution in [0.15, 0.2) is 24.3 Å². The highest BCUT2D eigenvalue weighted by atomic mass is 32.1. The molecule has 70 valence electrons. The molecule has 0 amide bonds. The van der Waals surface area contributed by atoms with Crippen molar-refractivity contribution in [3.05, 3.63) is 35.4 Å². The first-order chi connectivity index (χ1) is 6.63. The van der Waals surface area contributed by atoms with Gasteiger partial charge in [0.2, 0.25) is 5.90 Å². The number of carbonyl (C=O) groups excluding carboxylic acids is 1. The first-order valence-corrected chi connectivity index (χ1v) is 4.08. The topological polar surface area (TPSA) is 73.9 Å². The Hall–Kier alpha value is -1.80. The minimum atomic E-state index is -0.834. The average molecular weight is 206 g/mol. The van der Waals surface area contributed by atoms with Gasteiger partial charge in [0, 0.05) is 5.56 Å². The molecule has 1 aromatic rings. The first-order valence-electron chi connectivity index (χ1n) is 3.63. The number of hydrogen-bond acceptors (Lipinski definition) is 4. The van der Waals surface area contributed by atoms with Crippen LogP contribution in [0.4, 0.5) is 4.79 Å². The van der Waals surface area contributed by atoms with Gasteiger partial charge >= 0.3 is 5.30 Å². The molecule has 0 aliphatic heterocycles. The lowest BCUT2D eigenvalue weighted by Gasteiger charge is -2.01.